The maximum Gasteiger partial charge on any atom is 0.151 e. The molecule has 2 aromatic rings. The van der Waals surface area contributed by atoms with E-state index < -0.39 is 0 Å². The third kappa shape index (κ3) is 3.51. The van der Waals surface area contributed by atoms with Crippen molar-refractivity contribution in [3.8, 4) is 17.0 Å². The van der Waals surface area contributed by atoms with Gasteiger partial charge in [0, 0.05) is 25.8 Å². The maximum atomic E-state index is 5.40. The van der Waals surface area contributed by atoms with Gasteiger partial charge in [-0.3, -0.25) is 0 Å². The number of hydrogen-bond donors (Lipinski definition) is 0. The van der Waals surface area contributed by atoms with Gasteiger partial charge in [0.1, 0.15) is 5.75 Å². The Morgan fingerprint density at radius 2 is 1.79 bits per heavy atom. The van der Waals surface area contributed by atoms with Crippen molar-refractivity contribution in [3.05, 3.63) is 36.4 Å². The average Bonchev–Trinajstić information content (AvgIpc) is 2.62. The van der Waals surface area contributed by atoms with Gasteiger partial charge >= 0.3 is 0 Å². The number of aromatic nitrogens is 2. The number of nitrogens with zero attached hydrogens (tertiary/aromatic N) is 3. The predicted molar refractivity (Wildman–Crippen MR) is 95.5 cm³/mol. The van der Waals surface area contributed by atoms with Crippen LogP contribution in [0.1, 0.15) is 19.8 Å². The van der Waals surface area contributed by atoms with Crippen molar-refractivity contribution < 1.29 is 9.47 Å². The number of piperidine rings is 1. The summed E-state index contributed by atoms with van der Waals surface area (Å²) in [6, 6.07) is 11.9. The summed E-state index contributed by atoms with van der Waals surface area (Å²) in [7, 11) is 3.45. The van der Waals surface area contributed by atoms with Gasteiger partial charge in [0.05, 0.1) is 19.4 Å². The molecule has 0 radical (unpaired) electrons. The first-order valence-corrected chi connectivity index (χ1v) is 8.36. The highest BCUT2D eigenvalue weighted by molar-refractivity contribution is 5.67. The van der Waals surface area contributed by atoms with E-state index in [1.807, 2.05) is 36.4 Å². The van der Waals surface area contributed by atoms with Gasteiger partial charge in [-0.1, -0.05) is 19.1 Å². The predicted octanol–water partition coefficient (Wildman–Crippen LogP) is 3.41. The van der Waals surface area contributed by atoms with Crippen LogP contribution < -0.4 is 9.64 Å². The van der Waals surface area contributed by atoms with Crippen LogP contribution in [0.2, 0.25) is 0 Å². The molecule has 0 unspecified atom stereocenters. The number of benzene rings is 1. The summed E-state index contributed by atoms with van der Waals surface area (Å²) < 4.78 is 10.8. The smallest absolute Gasteiger partial charge is 0.151 e. The zero-order valence-corrected chi connectivity index (χ0v) is 14.7. The third-order valence-electron chi connectivity index (χ3n) is 4.82. The number of hydrogen-bond acceptors (Lipinski definition) is 5. The van der Waals surface area contributed by atoms with Crippen molar-refractivity contribution >= 4 is 5.82 Å². The minimum atomic E-state index is 0.274. The minimum Gasteiger partial charge on any atom is -0.496 e. The van der Waals surface area contributed by atoms with Crippen molar-refractivity contribution in [2.75, 3.05) is 38.8 Å². The Morgan fingerprint density at radius 1 is 1.04 bits per heavy atom. The molecule has 128 valence electrons. The summed E-state index contributed by atoms with van der Waals surface area (Å²) in [6.07, 6.45) is 2.22. The Bertz CT molecular complexity index is 665. The first kappa shape index (κ1) is 16.7. The second-order valence-electron chi connectivity index (χ2n) is 6.71. The molecule has 0 bridgehead atoms. The molecule has 0 aliphatic carbocycles. The van der Waals surface area contributed by atoms with E-state index in [2.05, 4.69) is 22.0 Å². The molecule has 1 aliphatic heterocycles. The van der Waals surface area contributed by atoms with Crippen molar-refractivity contribution in [3.63, 3.8) is 0 Å². The molecule has 1 aromatic heterocycles. The van der Waals surface area contributed by atoms with Gasteiger partial charge in [-0.25, -0.2) is 0 Å². The molecule has 1 aromatic carbocycles. The summed E-state index contributed by atoms with van der Waals surface area (Å²) >= 11 is 0. The van der Waals surface area contributed by atoms with Gasteiger partial charge in [-0.15, -0.1) is 10.2 Å². The quantitative estimate of drug-likeness (QED) is 0.842. The lowest BCUT2D eigenvalue weighted by Gasteiger charge is -2.39. The Hall–Kier alpha value is -2.14. The molecule has 0 atom stereocenters. The van der Waals surface area contributed by atoms with Gasteiger partial charge in [-0.2, -0.15) is 0 Å². The summed E-state index contributed by atoms with van der Waals surface area (Å²) in [6.45, 7) is 5.09. The molecule has 2 heterocycles. The zero-order valence-electron chi connectivity index (χ0n) is 14.7. The molecule has 1 saturated heterocycles. The van der Waals surface area contributed by atoms with Crippen molar-refractivity contribution in [1.29, 1.82) is 0 Å². The van der Waals surface area contributed by atoms with Crippen LogP contribution in [0.3, 0.4) is 0 Å². The lowest BCUT2D eigenvalue weighted by atomic mass is 9.81. The average molecular weight is 327 g/mol. The monoisotopic (exact) mass is 327 g/mol. The Balaban J connectivity index is 1.72. The normalized spacial score (nSPS) is 16.9. The topological polar surface area (TPSA) is 47.5 Å². The van der Waals surface area contributed by atoms with E-state index in [9.17, 15) is 0 Å². The highest BCUT2D eigenvalue weighted by Gasteiger charge is 2.30. The molecule has 24 heavy (non-hydrogen) atoms. The van der Waals surface area contributed by atoms with Crippen LogP contribution in [-0.2, 0) is 4.74 Å². The van der Waals surface area contributed by atoms with E-state index >= 15 is 0 Å². The standard InChI is InChI=1S/C19H25N3O2/c1-19(14-23-2)10-12-22(13-11-19)18-9-8-16(20-21-18)15-6-4-5-7-17(15)24-3/h4-9H,10-14H2,1-3H3. The first-order chi connectivity index (χ1) is 11.6. The van der Waals surface area contributed by atoms with E-state index in [0.29, 0.717) is 0 Å². The second kappa shape index (κ2) is 7.18. The van der Waals surface area contributed by atoms with Crippen molar-refractivity contribution in [2.24, 2.45) is 5.41 Å². The number of rotatable bonds is 5. The van der Waals surface area contributed by atoms with Gasteiger partial charge in [0.25, 0.3) is 0 Å². The maximum absolute atomic E-state index is 5.40. The highest BCUT2D eigenvalue weighted by Crippen LogP contribution is 2.33. The lowest BCUT2D eigenvalue weighted by Crippen LogP contribution is -2.41. The van der Waals surface area contributed by atoms with Crippen molar-refractivity contribution in [1.82, 2.24) is 10.2 Å². The van der Waals surface area contributed by atoms with Crippen LogP contribution in [0.4, 0.5) is 5.82 Å². The molecule has 0 amide bonds. The van der Waals surface area contributed by atoms with E-state index in [1.54, 1.807) is 14.2 Å². The Kier molecular flexibility index (Phi) is 5.00. The summed E-state index contributed by atoms with van der Waals surface area (Å²) in [5.74, 6) is 1.75. The van der Waals surface area contributed by atoms with Gasteiger partial charge < -0.3 is 14.4 Å². The molecule has 1 aliphatic rings. The van der Waals surface area contributed by atoms with E-state index in [-0.39, 0.29) is 5.41 Å². The van der Waals surface area contributed by atoms with Crippen LogP contribution in [0.15, 0.2) is 36.4 Å². The van der Waals surface area contributed by atoms with E-state index in [1.165, 1.54) is 0 Å². The second-order valence-corrected chi connectivity index (χ2v) is 6.71. The molecule has 5 nitrogen and oxygen atoms in total. The number of para-hydroxylation sites is 1. The molecule has 0 N–H and O–H groups in total. The van der Waals surface area contributed by atoms with E-state index in [0.717, 1.165) is 55.4 Å². The fourth-order valence-electron chi connectivity index (χ4n) is 3.26. The molecule has 0 spiro atoms. The number of ether oxygens (including phenoxy) is 2. The largest absolute Gasteiger partial charge is 0.496 e. The van der Waals surface area contributed by atoms with Crippen LogP contribution in [0.5, 0.6) is 5.75 Å². The molecule has 3 rings (SSSR count). The Labute approximate surface area is 143 Å². The van der Waals surface area contributed by atoms with Crippen molar-refractivity contribution in [2.45, 2.75) is 19.8 Å². The molecule has 1 fully saturated rings. The highest BCUT2D eigenvalue weighted by atomic mass is 16.5. The fraction of sp³-hybridized carbons (Fsp3) is 0.474. The van der Waals surface area contributed by atoms with E-state index in [4.69, 9.17) is 9.47 Å². The summed E-state index contributed by atoms with van der Waals surface area (Å²) in [4.78, 5) is 2.30. The summed E-state index contributed by atoms with van der Waals surface area (Å²) in [5.41, 5.74) is 2.07. The number of anilines is 1. The molecule has 0 saturated carbocycles. The lowest BCUT2D eigenvalue weighted by molar-refractivity contribution is 0.0730. The zero-order chi connectivity index (χ0) is 17.0. The van der Waals surface area contributed by atoms with Crippen LogP contribution in [-0.4, -0.2) is 44.1 Å². The van der Waals surface area contributed by atoms with Crippen LogP contribution in [0, 0.1) is 5.41 Å². The minimum absolute atomic E-state index is 0.274. The fourth-order valence-corrected chi connectivity index (χ4v) is 3.26. The SMILES string of the molecule is COCC1(C)CCN(c2ccc(-c3ccccc3OC)nn2)CC1. The number of methoxy groups -OCH3 is 2. The van der Waals surface area contributed by atoms with Crippen LogP contribution in [0.25, 0.3) is 11.3 Å². The van der Waals surface area contributed by atoms with Gasteiger partial charge in [0.2, 0.25) is 0 Å². The van der Waals surface area contributed by atoms with Crippen LogP contribution >= 0.6 is 0 Å². The third-order valence-corrected chi connectivity index (χ3v) is 4.82. The molecule has 5 heteroatoms. The Morgan fingerprint density at radius 3 is 2.42 bits per heavy atom. The summed E-state index contributed by atoms with van der Waals surface area (Å²) in [5, 5.41) is 8.85. The molecular formula is C19H25N3O2. The first-order valence-electron chi connectivity index (χ1n) is 8.36. The van der Waals surface area contributed by atoms with Gasteiger partial charge in [-0.05, 0) is 42.5 Å². The molecular weight excluding hydrogens is 302 g/mol. The van der Waals surface area contributed by atoms with Gasteiger partial charge in [0.15, 0.2) is 5.82 Å².